The summed E-state index contributed by atoms with van der Waals surface area (Å²) in [5, 5.41) is 4.06. The smallest absolute Gasteiger partial charge is 0.307 e. The van der Waals surface area contributed by atoms with Crippen LogP contribution in [-0.4, -0.2) is 29.9 Å². The van der Waals surface area contributed by atoms with Crippen LogP contribution < -0.4 is 19.6 Å². The Morgan fingerprint density at radius 1 is 0.947 bits per heavy atom. The van der Waals surface area contributed by atoms with Crippen LogP contribution >= 0.6 is 15.9 Å². The Labute approximate surface area is 230 Å². The number of rotatable bonds is 11. The Morgan fingerprint density at radius 2 is 1.61 bits per heavy atom. The molecule has 8 nitrogen and oxygen atoms in total. The van der Waals surface area contributed by atoms with Crippen molar-refractivity contribution in [2.75, 3.05) is 13.2 Å². The summed E-state index contributed by atoms with van der Waals surface area (Å²) in [5.41, 5.74) is 6.62. The lowest BCUT2D eigenvalue weighted by atomic mass is 10.2. The lowest BCUT2D eigenvalue weighted by Gasteiger charge is -2.12. The predicted molar refractivity (Wildman–Crippen MR) is 150 cm³/mol. The summed E-state index contributed by atoms with van der Waals surface area (Å²) in [4.78, 5) is 12.5. The van der Waals surface area contributed by atoms with E-state index in [4.69, 9.17) is 18.6 Å². The highest BCUT2D eigenvalue weighted by molar-refractivity contribution is 9.10. The van der Waals surface area contributed by atoms with Gasteiger partial charge in [-0.1, -0.05) is 0 Å². The van der Waals surface area contributed by atoms with Crippen LogP contribution in [0.5, 0.6) is 17.2 Å². The fraction of sp³-hybridized carbons (Fsp3) is 0.241. The van der Waals surface area contributed by atoms with E-state index in [1.54, 1.807) is 18.2 Å². The van der Waals surface area contributed by atoms with Crippen molar-refractivity contribution >= 4 is 28.1 Å². The SMILES string of the molecule is CCOc1cc(Br)c(/C=N/NC(=O)c2ccc(COc3ccc(-n4c(C)ccc4C)cc3)o2)cc1OCC. The molecule has 1 amide bonds. The van der Waals surface area contributed by atoms with Crippen LogP contribution in [0.25, 0.3) is 5.69 Å². The predicted octanol–water partition coefficient (Wildman–Crippen LogP) is 6.59. The van der Waals surface area contributed by atoms with E-state index in [1.165, 1.54) is 17.6 Å². The van der Waals surface area contributed by atoms with E-state index in [1.807, 2.05) is 44.2 Å². The van der Waals surface area contributed by atoms with Crippen molar-refractivity contribution in [3.8, 4) is 22.9 Å². The van der Waals surface area contributed by atoms with Crippen molar-refractivity contribution in [3.05, 3.63) is 93.6 Å². The summed E-state index contributed by atoms with van der Waals surface area (Å²) >= 11 is 3.50. The van der Waals surface area contributed by atoms with Crippen LogP contribution in [0, 0.1) is 13.8 Å². The standard InChI is InChI=1S/C29H30BrN3O5/c1-5-35-27-15-21(25(30)16-28(27)36-6-2)17-31-32-29(34)26-14-13-24(38-26)18-37-23-11-9-22(10-12-23)33-19(3)7-8-20(33)4/h7-17H,5-6,18H2,1-4H3,(H,32,34)/b31-17+. The average molecular weight is 580 g/mol. The van der Waals surface area contributed by atoms with Gasteiger partial charge in [0.1, 0.15) is 18.1 Å². The third-order valence-corrected chi connectivity index (χ3v) is 6.35. The second-order valence-corrected chi connectivity index (χ2v) is 9.24. The van der Waals surface area contributed by atoms with Crippen molar-refractivity contribution in [2.45, 2.75) is 34.3 Å². The molecule has 0 radical (unpaired) electrons. The van der Waals surface area contributed by atoms with Crippen molar-refractivity contribution in [1.82, 2.24) is 9.99 Å². The molecule has 0 unspecified atom stereocenters. The number of furan rings is 1. The van der Waals surface area contributed by atoms with Crippen molar-refractivity contribution in [1.29, 1.82) is 0 Å². The topological polar surface area (TPSA) is 87.2 Å². The average Bonchev–Trinajstić information content (AvgIpc) is 3.52. The lowest BCUT2D eigenvalue weighted by Crippen LogP contribution is -2.16. The summed E-state index contributed by atoms with van der Waals surface area (Å²) in [6.07, 6.45) is 1.52. The van der Waals surface area contributed by atoms with Crippen LogP contribution in [-0.2, 0) is 6.61 Å². The van der Waals surface area contributed by atoms with Gasteiger partial charge in [0.15, 0.2) is 17.3 Å². The van der Waals surface area contributed by atoms with Gasteiger partial charge in [0.2, 0.25) is 0 Å². The molecule has 0 spiro atoms. The molecule has 2 aromatic heterocycles. The van der Waals surface area contributed by atoms with Gasteiger partial charge in [0, 0.05) is 27.1 Å². The minimum Gasteiger partial charge on any atom is -0.490 e. The molecule has 0 saturated carbocycles. The van der Waals surface area contributed by atoms with Crippen molar-refractivity contribution < 1.29 is 23.4 Å². The van der Waals surface area contributed by atoms with Gasteiger partial charge in [-0.3, -0.25) is 4.79 Å². The summed E-state index contributed by atoms with van der Waals surface area (Å²) in [6.45, 7) is 9.16. The Bertz CT molecular complexity index is 1400. The van der Waals surface area contributed by atoms with E-state index in [-0.39, 0.29) is 12.4 Å². The Kier molecular flexibility index (Phi) is 8.91. The number of aromatic nitrogens is 1. The summed E-state index contributed by atoms with van der Waals surface area (Å²) < 4.78 is 25.7. The molecule has 198 valence electrons. The maximum Gasteiger partial charge on any atom is 0.307 e. The number of carbonyl (C=O) groups is 1. The third kappa shape index (κ3) is 6.47. The number of aryl methyl sites for hydroxylation is 2. The number of nitrogens with one attached hydrogen (secondary N) is 1. The molecular formula is C29H30BrN3O5. The number of ether oxygens (including phenoxy) is 3. The van der Waals surface area contributed by atoms with Crippen LogP contribution in [0.1, 0.15) is 47.1 Å². The summed E-state index contributed by atoms with van der Waals surface area (Å²) in [6, 6.07) is 18.9. The second-order valence-electron chi connectivity index (χ2n) is 8.39. The highest BCUT2D eigenvalue weighted by Crippen LogP contribution is 2.33. The number of hydrogen-bond donors (Lipinski definition) is 1. The van der Waals surface area contributed by atoms with E-state index >= 15 is 0 Å². The maximum absolute atomic E-state index is 12.5. The molecule has 38 heavy (non-hydrogen) atoms. The van der Waals surface area contributed by atoms with E-state index in [0.717, 1.165) is 15.7 Å². The van der Waals surface area contributed by atoms with Gasteiger partial charge in [-0.25, -0.2) is 5.43 Å². The Hall–Kier alpha value is -3.98. The Balaban J connectivity index is 1.33. The Morgan fingerprint density at radius 3 is 2.26 bits per heavy atom. The number of benzene rings is 2. The molecule has 1 N–H and O–H groups in total. The van der Waals surface area contributed by atoms with Gasteiger partial charge in [-0.2, -0.15) is 5.10 Å². The van der Waals surface area contributed by atoms with Gasteiger partial charge < -0.3 is 23.2 Å². The molecule has 0 bridgehead atoms. The summed E-state index contributed by atoms with van der Waals surface area (Å²) in [7, 11) is 0. The largest absolute Gasteiger partial charge is 0.490 e. The quantitative estimate of drug-likeness (QED) is 0.160. The molecule has 0 atom stereocenters. The van der Waals surface area contributed by atoms with Crippen LogP contribution in [0.4, 0.5) is 0 Å². The highest BCUT2D eigenvalue weighted by Gasteiger charge is 2.13. The zero-order valence-corrected chi connectivity index (χ0v) is 23.4. The van der Waals surface area contributed by atoms with Gasteiger partial charge in [0.05, 0.1) is 19.4 Å². The second kappa shape index (κ2) is 12.5. The van der Waals surface area contributed by atoms with Crippen LogP contribution in [0.3, 0.4) is 0 Å². The molecule has 4 rings (SSSR count). The number of nitrogens with zero attached hydrogens (tertiary/aromatic N) is 2. The molecule has 9 heteroatoms. The first-order valence-electron chi connectivity index (χ1n) is 12.3. The number of amides is 1. The zero-order valence-electron chi connectivity index (χ0n) is 21.8. The van der Waals surface area contributed by atoms with E-state index in [9.17, 15) is 4.79 Å². The first kappa shape index (κ1) is 27.1. The third-order valence-electron chi connectivity index (χ3n) is 5.67. The molecule has 0 aliphatic heterocycles. The van der Waals surface area contributed by atoms with Gasteiger partial charge in [-0.15, -0.1) is 0 Å². The molecule has 0 saturated heterocycles. The number of carbonyl (C=O) groups excluding carboxylic acids is 1. The van der Waals surface area contributed by atoms with Gasteiger partial charge in [-0.05, 0) is 104 Å². The monoisotopic (exact) mass is 579 g/mol. The minimum atomic E-state index is -0.471. The number of hydrogen-bond acceptors (Lipinski definition) is 6. The zero-order chi connectivity index (χ0) is 27.1. The van der Waals surface area contributed by atoms with Crippen molar-refractivity contribution in [3.63, 3.8) is 0 Å². The fourth-order valence-corrected chi connectivity index (χ4v) is 4.33. The first-order valence-corrected chi connectivity index (χ1v) is 13.1. The lowest BCUT2D eigenvalue weighted by molar-refractivity contribution is 0.0923. The maximum atomic E-state index is 12.5. The van der Waals surface area contributed by atoms with Crippen LogP contribution in [0.15, 0.2) is 74.7 Å². The van der Waals surface area contributed by atoms with Gasteiger partial charge in [0.25, 0.3) is 0 Å². The molecule has 2 heterocycles. The minimum absolute atomic E-state index is 0.135. The van der Waals surface area contributed by atoms with Gasteiger partial charge >= 0.3 is 5.91 Å². The van der Waals surface area contributed by atoms with Crippen molar-refractivity contribution in [2.24, 2.45) is 5.10 Å². The molecule has 0 fully saturated rings. The number of halogens is 1. The molecule has 2 aromatic carbocycles. The normalized spacial score (nSPS) is 11.1. The van der Waals surface area contributed by atoms with Crippen LogP contribution in [0.2, 0.25) is 0 Å². The molecule has 4 aromatic rings. The fourth-order valence-electron chi connectivity index (χ4n) is 3.90. The molecule has 0 aliphatic rings. The van der Waals surface area contributed by atoms with E-state index in [2.05, 4.69) is 57.0 Å². The van der Waals surface area contributed by atoms with E-state index in [0.29, 0.717) is 36.2 Å². The van der Waals surface area contributed by atoms with E-state index < -0.39 is 5.91 Å². The molecular weight excluding hydrogens is 550 g/mol. The first-order chi connectivity index (χ1) is 18.4. The molecule has 0 aliphatic carbocycles. The number of hydrazone groups is 1. The highest BCUT2D eigenvalue weighted by atomic mass is 79.9. The summed E-state index contributed by atoms with van der Waals surface area (Å²) in [5.74, 6) is 2.13.